The van der Waals surface area contributed by atoms with Crippen LogP contribution in [0, 0.1) is 6.92 Å². The number of para-hydroxylation sites is 1. The zero-order chi connectivity index (χ0) is 11.7. The molecule has 1 N–H and O–H groups in total. The van der Waals surface area contributed by atoms with E-state index in [0.29, 0.717) is 5.82 Å². The number of hydrogen-bond donors (Lipinski definition) is 1. The Labute approximate surface area is 118 Å². The van der Waals surface area contributed by atoms with Crippen molar-refractivity contribution >= 4 is 11.3 Å². The van der Waals surface area contributed by atoms with E-state index in [1.54, 1.807) is 16.1 Å². The molecular formula is C11H10BrN5S. The van der Waals surface area contributed by atoms with Gasteiger partial charge in [-0.05, 0) is 23.9 Å². The van der Waals surface area contributed by atoms with E-state index >= 15 is 0 Å². The van der Waals surface area contributed by atoms with Gasteiger partial charge in [0.05, 0.1) is 0 Å². The molecule has 5 nitrogen and oxygen atoms in total. The van der Waals surface area contributed by atoms with Crippen LogP contribution in [0.15, 0.2) is 35.7 Å². The minimum absolute atomic E-state index is 0. The number of nitrogens with zero attached hydrogens (tertiary/aromatic N) is 4. The van der Waals surface area contributed by atoms with E-state index in [0.717, 1.165) is 16.4 Å². The molecule has 92 valence electrons. The van der Waals surface area contributed by atoms with Gasteiger partial charge in [-0.15, -0.1) is 11.3 Å². The lowest BCUT2D eigenvalue weighted by molar-refractivity contribution is -0.716. The number of aromatic nitrogens is 5. The van der Waals surface area contributed by atoms with Gasteiger partial charge in [-0.1, -0.05) is 18.2 Å². The number of H-pyrrole nitrogens is 1. The summed E-state index contributed by atoms with van der Waals surface area (Å²) in [6, 6.07) is 9.80. The van der Waals surface area contributed by atoms with E-state index in [2.05, 4.69) is 20.4 Å². The smallest absolute Gasteiger partial charge is 0.342 e. The summed E-state index contributed by atoms with van der Waals surface area (Å²) in [4.78, 5) is 5.99. The molecule has 0 unspecified atom stereocenters. The molecule has 0 saturated carbocycles. The standard InChI is InChI=1S/C11H9N5S.BrH/c1-8-7-17-11(12-8)10-13-15-16(14-10)9-5-3-2-4-6-9;/h2-7H,1H3;1H. The van der Waals surface area contributed by atoms with Gasteiger partial charge in [-0.25, -0.2) is 4.98 Å². The summed E-state index contributed by atoms with van der Waals surface area (Å²) in [5.74, 6) is 0.687. The lowest BCUT2D eigenvalue weighted by Gasteiger charge is -1.88. The first-order valence-corrected chi connectivity index (χ1v) is 6.04. The second kappa shape index (κ2) is 5.36. The molecule has 0 aliphatic carbocycles. The molecule has 0 fully saturated rings. The lowest BCUT2D eigenvalue weighted by Crippen LogP contribution is -3.00. The van der Waals surface area contributed by atoms with E-state index < -0.39 is 0 Å². The number of rotatable bonds is 2. The average Bonchev–Trinajstić information content (AvgIpc) is 2.98. The van der Waals surface area contributed by atoms with Gasteiger partial charge in [0, 0.05) is 11.1 Å². The van der Waals surface area contributed by atoms with E-state index in [-0.39, 0.29) is 17.0 Å². The number of halogens is 1. The Morgan fingerprint density at radius 1 is 1.22 bits per heavy atom. The highest BCUT2D eigenvalue weighted by Gasteiger charge is 2.17. The largest absolute Gasteiger partial charge is 1.00 e. The molecule has 0 saturated heterocycles. The Morgan fingerprint density at radius 2 is 2.00 bits per heavy atom. The van der Waals surface area contributed by atoms with E-state index in [4.69, 9.17) is 0 Å². The number of benzene rings is 1. The molecule has 2 heterocycles. The van der Waals surface area contributed by atoms with Crippen molar-refractivity contribution < 1.29 is 21.8 Å². The fourth-order valence-electron chi connectivity index (χ4n) is 1.47. The topological polar surface area (TPSA) is 58.3 Å². The molecule has 0 aliphatic rings. The van der Waals surface area contributed by atoms with Crippen LogP contribution >= 0.6 is 11.3 Å². The normalized spacial score (nSPS) is 10.1. The van der Waals surface area contributed by atoms with Crippen LogP contribution in [-0.4, -0.2) is 20.4 Å². The maximum absolute atomic E-state index is 4.36. The number of aromatic amines is 1. The fourth-order valence-corrected chi connectivity index (χ4v) is 2.20. The van der Waals surface area contributed by atoms with Crippen LogP contribution in [0.4, 0.5) is 0 Å². The summed E-state index contributed by atoms with van der Waals surface area (Å²) in [6.45, 7) is 1.96. The van der Waals surface area contributed by atoms with Gasteiger partial charge in [-0.3, -0.25) is 0 Å². The number of hydrogen-bond acceptors (Lipinski definition) is 4. The first-order chi connectivity index (χ1) is 8.33. The van der Waals surface area contributed by atoms with Crippen LogP contribution in [0.25, 0.3) is 16.5 Å². The molecule has 3 aromatic rings. The highest BCUT2D eigenvalue weighted by molar-refractivity contribution is 7.13. The van der Waals surface area contributed by atoms with Gasteiger partial charge in [-0.2, -0.15) is 5.10 Å². The Kier molecular flexibility index (Phi) is 3.83. The summed E-state index contributed by atoms with van der Waals surface area (Å²) in [7, 11) is 0. The van der Waals surface area contributed by atoms with Gasteiger partial charge in [0.25, 0.3) is 0 Å². The molecule has 2 aromatic heterocycles. The molecular weight excluding hydrogens is 314 g/mol. The SMILES string of the molecule is Cc1csc(-c2nn[n+](-c3ccccc3)[nH]2)n1.[Br-]. The minimum Gasteiger partial charge on any atom is -1.00 e. The second-order valence-electron chi connectivity index (χ2n) is 3.59. The first kappa shape index (κ1) is 12.8. The van der Waals surface area contributed by atoms with Crippen molar-refractivity contribution in [3.05, 3.63) is 41.4 Å². The Bertz CT molecular complexity index is 634. The molecule has 7 heteroatoms. The fraction of sp³-hybridized carbons (Fsp3) is 0.0909. The summed E-state index contributed by atoms with van der Waals surface area (Å²) < 4.78 is 0. The number of nitrogens with one attached hydrogen (secondary N) is 1. The molecule has 0 atom stereocenters. The summed E-state index contributed by atoms with van der Waals surface area (Å²) in [5, 5.41) is 14.1. The Morgan fingerprint density at radius 3 is 2.67 bits per heavy atom. The quantitative estimate of drug-likeness (QED) is 0.585. The zero-order valence-corrected chi connectivity index (χ0v) is 11.9. The zero-order valence-electron chi connectivity index (χ0n) is 9.54. The molecule has 0 bridgehead atoms. The van der Waals surface area contributed by atoms with Crippen LogP contribution in [0.2, 0.25) is 0 Å². The van der Waals surface area contributed by atoms with E-state index in [1.165, 1.54) is 0 Å². The lowest BCUT2D eigenvalue weighted by atomic mass is 10.3. The molecule has 0 amide bonds. The van der Waals surface area contributed by atoms with E-state index in [1.807, 2.05) is 42.6 Å². The van der Waals surface area contributed by atoms with Crippen molar-refractivity contribution in [2.75, 3.05) is 0 Å². The third-order valence-electron chi connectivity index (χ3n) is 2.27. The summed E-state index contributed by atoms with van der Waals surface area (Å²) in [5.41, 5.74) is 1.94. The molecule has 0 radical (unpaired) electrons. The monoisotopic (exact) mass is 323 g/mol. The summed E-state index contributed by atoms with van der Waals surface area (Å²) in [6.07, 6.45) is 0. The van der Waals surface area contributed by atoms with Crippen molar-refractivity contribution in [1.29, 1.82) is 0 Å². The summed E-state index contributed by atoms with van der Waals surface area (Å²) >= 11 is 1.55. The predicted octanol–water partition coefficient (Wildman–Crippen LogP) is -1.48. The minimum atomic E-state index is 0. The third-order valence-corrected chi connectivity index (χ3v) is 3.24. The maximum atomic E-state index is 4.36. The highest BCUT2D eigenvalue weighted by Crippen LogP contribution is 2.17. The van der Waals surface area contributed by atoms with Gasteiger partial charge in [0.1, 0.15) is 5.10 Å². The van der Waals surface area contributed by atoms with Crippen LogP contribution in [0.3, 0.4) is 0 Å². The average molecular weight is 324 g/mol. The number of aryl methyl sites for hydroxylation is 1. The van der Waals surface area contributed by atoms with Gasteiger partial charge < -0.3 is 17.0 Å². The van der Waals surface area contributed by atoms with Crippen LogP contribution < -0.4 is 21.8 Å². The second-order valence-corrected chi connectivity index (χ2v) is 4.45. The van der Waals surface area contributed by atoms with Crippen molar-refractivity contribution in [3.8, 4) is 16.5 Å². The molecule has 18 heavy (non-hydrogen) atoms. The first-order valence-electron chi connectivity index (χ1n) is 5.16. The van der Waals surface area contributed by atoms with Crippen molar-refractivity contribution in [2.45, 2.75) is 6.92 Å². The van der Waals surface area contributed by atoms with Gasteiger partial charge in [0.15, 0.2) is 15.9 Å². The van der Waals surface area contributed by atoms with Crippen molar-refractivity contribution in [2.24, 2.45) is 0 Å². The Hall–Kier alpha value is -1.60. The molecule has 1 aromatic carbocycles. The van der Waals surface area contributed by atoms with Crippen LogP contribution in [0.1, 0.15) is 5.69 Å². The van der Waals surface area contributed by atoms with Gasteiger partial charge >= 0.3 is 5.82 Å². The van der Waals surface area contributed by atoms with Crippen molar-refractivity contribution in [1.82, 2.24) is 20.4 Å². The highest BCUT2D eigenvalue weighted by atomic mass is 79.9. The van der Waals surface area contributed by atoms with Crippen LogP contribution in [0.5, 0.6) is 0 Å². The molecule has 0 aliphatic heterocycles. The van der Waals surface area contributed by atoms with Crippen LogP contribution in [-0.2, 0) is 0 Å². The molecule has 0 spiro atoms. The number of tetrazole rings is 1. The van der Waals surface area contributed by atoms with Crippen molar-refractivity contribution in [3.63, 3.8) is 0 Å². The van der Waals surface area contributed by atoms with Gasteiger partial charge in [0.2, 0.25) is 0 Å². The maximum Gasteiger partial charge on any atom is 0.342 e. The Balaban J connectivity index is 0.00000120. The predicted molar refractivity (Wildman–Crippen MR) is 63.8 cm³/mol. The third kappa shape index (κ3) is 2.46. The molecule has 3 rings (SSSR count). The number of thiazole rings is 1. The van der Waals surface area contributed by atoms with E-state index in [9.17, 15) is 0 Å².